The molecular weight excluding hydrogens is 184 g/mol. The largest absolute Gasteiger partial charge is 0.463 e. The molecule has 0 saturated heterocycles. The van der Waals surface area contributed by atoms with Crippen LogP contribution < -0.4 is 0 Å². The van der Waals surface area contributed by atoms with Gasteiger partial charge in [-0.15, -0.1) is 0 Å². The van der Waals surface area contributed by atoms with Gasteiger partial charge < -0.3 is 4.74 Å². The summed E-state index contributed by atoms with van der Waals surface area (Å²) in [6.07, 6.45) is 17.2. The van der Waals surface area contributed by atoms with E-state index in [1.807, 2.05) is 6.26 Å². The minimum atomic E-state index is 1.18. The zero-order valence-electron chi connectivity index (χ0n) is 10.3. The van der Waals surface area contributed by atoms with Crippen LogP contribution in [0.5, 0.6) is 0 Å². The number of ether oxygens (including phenoxy) is 1. The molecule has 0 spiro atoms. The number of unbranched alkanes of at least 4 members (excludes halogenated alkanes) is 9. The molecule has 0 aromatic carbocycles. The molecule has 0 saturated carbocycles. The van der Waals surface area contributed by atoms with Crippen molar-refractivity contribution < 1.29 is 4.74 Å². The fourth-order valence-corrected chi connectivity index (χ4v) is 1.95. The Balaban J connectivity index is 1.64. The van der Waals surface area contributed by atoms with Gasteiger partial charge in [-0.3, -0.25) is 0 Å². The fourth-order valence-electron chi connectivity index (χ4n) is 1.95. The monoisotopic (exact) mass is 210 g/mol. The Bertz CT molecular complexity index is 172. The summed E-state index contributed by atoms with van der Waals surface area (Å²) < 4.78 is 4.98. The zero-order chi connectivity index (χ0) is 10.8. The van der Waals surface area contributed by atoms with E-state index < -0.39 is 0 Å². The molecule has 0 bridgehead atoms. The van der Waals surface area contributed by atoms with Crippen LogP contribution in [0.2, 0.25) is 0 Å². The normalized spacial score (nSPS) is 13.5. The maximum Gasteiger partial charge on any atom is 0.138 e. The third-order valence-electron chi connectivity index (χ3n) is 3.06. The summed E-state index contributed by atoms with van der Waals surface area (Å²) in [6.45, 7) is 2.28. The van der Waals surface area contributed by atoms with Crippen LogP contribution >= 0.6 is 0 Å². The van der Waals surface area contributed by atoms with Crippen molar-refractivity contribution in [2.45, 2.75) is 77.6 Å². The molecule has 1 aliphatic rings. The van der Waals surface area contributed by atoms with E-state index >= 15 is 0 Å². The van der Waals surface area contributed by atoms with Gasteiger partial charge in [0.05, 0.1) is 0 Å². The maximum absolute atomic E-state index is 4.98. The molecular formula is C14H26O. The van der Waals surface area contributed by atoms with Gasteiger partial charge in [-0.05, 0) is 6.42 Å². The molecule has 0 fully saturated rings. The van der Waals surface area contributed by atoms with Crippen molar-refractivity contribution in [3.63, 3.8) is 0 Å². The van der Waals surface area contributed by atoms with Crippen molar-refractivity contribution in [3.05, 3.63) is 12.0 Å². The average Bonchev–Trinajstić information content (AvgIpc) is 3.05. The number of hydrogen-bond acceptors (Lipinski definition) is 1. The quantitative estimate of drug-likeness (QED) is 0.429. The van der Waals surface area contributed by atoms with Crippen molar-refractivity contribution in [1.82, 2.24) is 0 Å². The summed E-state index contributed by atoms with van der Waals surface area (Å²) in [5.74, 6) is 1.22. The second kappa shape index (κ2) is 8.82. The van der Waals surface area contributed by atoms with Gasteiger partial charge in [-0.25, -0.2) is 0 Å². The molecule has 1 heterocycles. The minimum Gasteiger partial charge on any atom is -0.463 e. The van der Waals surface area contributed by atoms with Gasteiger partial charge in [-0.1, -0.05) is 64.7 Å². The molecule has 0 N–H and O–H groups in total. The minimum absolute atomic E-state index is 1.18. The van der Waals surface area contributed by atoms with E-state index in [9.17, 15) is 0 Å². The SMILES string of the molecule is CCCCCCCCCCCCC1=CO1. The van der Waals surface area contributed by atoms with E-state index in [4.69, 9.17) is 4.74 Å². The van der Waals surface area contributed by atoms with Crippen LogP contribution in [0.1, 0.15) is 77.6 Å². The molecule has 0 atom stereocenters. The topological polar surface area (TPSA) is 12.5 Å². The molecule has 0 aromatic rings. The van der Waals surface area contributed by atoms with Crippen LogP contribution in [-0.4, -0.2) is 0 Å². The molecule has 1 nitrogen and oxygen atoms in total. The van der Waals surface area contributed by atoms with Crippen LogP contribution in [0.4, 0.5) is 0 Å². The predicted octanol–water partition coefficient (Wildman–Crippen LogP) is 5.17. The van der Waals surface area contributed by atoms with Crippen molar-refractivity contribution >= 4 is 0 Å². The van der Waals surface area contributed by atoms with Crippen molar-refractivity contribution in [3.8, 4) is 0 Å². The molecule has 0 radical (unpaired) electrons. The van der Waals surface area contributed by atoms with Gasteiger partial charge in [0, 0.05) is 6.42 Å². The van der Waals surface area contributed by atoms with Crippen molar-refractivity contribution in [2.24, 2.45) is 0 Å². The second-order valence-electron chi connectivity index (χ2n) is 4.63. The van der Waals surface area contributed by atoms with Gasteiger partial charge in [0.2, 0.25) is 0 Å². The van der Waals surface area contributed by atoms with Crippen LogP contribution in [0.15, 0.2) is 12.0 Å². The third-order valence-corrected chi connectivity index (χ3v) is 3.06. The molecule has 1 aliphatic heterocycles. The van der Waals surface area contributed by atoms with Crippen molar-refractivity contribution in [2.75, 3.05) is 0 Å². The first-order valence-electron chi connectivity index (χ1n) is 6.79. The zero-order valence-corrected chi connectivity index (χ0v) is 10.3. The second-order valence-corrected chi connectivity index (χ2v) is 4.63. The molecule has 0 unspecified atom stereocenters. The molecule has 88 valence electrons. The van der Waals surface area contributed by atoms with Gasteiger partial charge in [0.15, 0.2) is 0 Å². The molecule has 0 aromatic heterocycles. The van der Waals surface area contributed by atoms with Crippen LogP contribution in [0.3, 0.4) is 0 Å². The molecule has 1 heteroatoms. The lowest BCUT2D eigenvalue weighted by Gasteiger charge is -2.00. The molecule has 0 aliphatic carbocycles. The fraction of sp³-hybridized carbons (Fsp3) is 0.857. The van der Waals surface area contributed by atoms with E-state index in [0.717, 1.165) is 0 Å². The van der Waals surface area contributed by atoms with Gasteiger partial charge in [0.25, 0.3) is 0 Å². The van der Waals surface area contributed by atoms with E-state index in [1.165, 1.54) is 76.4 Å². The lowest BCUT2D eigenvalue weighted by molar-refractivity contribution is 0.469. The summed E-state index contributed by atoms with van der Waals surface area (Å²) in [5, 5.41) is 0. The first-order chi connectivity index (χ1) is 7.43. The Labute approximate surface area is 94.9 Å². The maximum atomic E-state index is 4.98. The van der Waals surface area contributed by atoms with E-state index in [2.05, 4.69) is 6.92 Å². The highest BCUT2D eigenvalue weighted by atomic mass is 16.5. The molecule has 0 amide bonds. The summed E-state index contributed by atoms with van der Waals surface area (Å²) in [6, 6.07) is 0. The first kappa shape index (κ1) is 12.6. The lowest BCUT2D eigenvalue weighted by atomic mass is 10.1. The van der Waals surface area contributed by atoms with Crippen LogP contribution in [0, 0.1) is 0 Å². The summed E-state index contributed by atoms with van der Waals surface area (Å²) in [5.41, 5.74) is 0. The highest BCUT2D eigenvalue weighted by molar-refractivity contribution is 5.01. The average molecular weight is 210 g/mol. The number of allylic oxidation sites excluding steroid dienone is 1. The smallest absolute Gasteiger partial charge is 0.138 e. The number of hydrogen-bond donors (Lipinski definition) is 0. The van der Waals surface area contributed by atoms with Gasteiger partial charge in [-0.2, -0.15) is 0 Å². The first-order valence-corrected chi connectivity index (χ1v) is 6.79. The standard InChI is InChI=1S/C14H26O/c1-2-3-4-5-6-7-8-9-10-11-12-14-13-15-14/h13H,2-12H2,1H3. The van der Waals surface area contributed by atoms with E-state index in [-0.39, 0.29) is 0 Å². The van der Waals surface area contributed by atoms with Crippen LogP contribution in [0.25, 0.3) is 0 Å². The van der Waals surface area contributed by atoms with Gasteiger partial charge in [0.1, 0.15) is 12.0 Å². The Morgan fingerprint density at radius 1 is 0.800 bits per heavy atom. The van der Waals surface area contributed by atoms with Crippen LogP contribution in [-0.2, 0) is 4.74 Å². The Kier molecular flexibility index (Phi) is 7.41. The summed E-state index contributed by atoms with van der Waals surface area (Å²) in [7, 11) is 0. The Morgan fingerprint density at radius 2 is 1.27 bits per heavy atom. The molecule has 15 heavy (non-hydrogen) atoms. The highest BCUT2D eigenvalue weighted by Crippen LogP contribution is 2.21. The Hall–Kier alpha value is -0.460. The predicted molar refractivity (Wildman–Crippen MR) is 65.6 cm³/mol. The highest BCUT2D eigenvalue weighted by Gasteiger charge is 2.07. The van der Waals surface area contributed by atoms with Gasteiger partial charge >= 0.3 is 0 Å². The lowest BCUT2D eigenvalue weighted by Crippen LogP contribution is -1.81. The Morgan fingerprint density at radius 3 is 1.73 bits per heavy atom. The third kappa shape index (κ3) is 8.53. The van der Waals surface area contributed by atoms with Crippen molar-refractivity contribution in [1.29, 1.82) is 0 Å². The number of rotatable bonds is 11. The van der Waals surface area contributed by atoms with E-state index in [0.29, 0.717) is 0 Å². The summed E-state index contributed by atoms with van der Waals surface area (Å²) in [4.78, 5) is 0. The molecule has 1 rings (SSSR count). The summed E-state index contributed by atoms with van der Waals surface area (Å²) >= 11 is 0. The van der Waals surface area contributed by atoms with E-state index in [1.54, 1.807) is 0 Å².